The Balaban J connectivity index is 1.28. The van der Waals surface area contributed by atoms with E-state index in [0.29, 0.717) is 24.5 Å². The summed E-state index contributed by atoms with van der Waals surface area (Å²) in [5.74, 6) is 0.00280. The maximum Gasteiger partial charge on any atom is 0.322 e. The predicted octanol–water partition coefficient (Wildman–Crippen LogP) is 2.40. The first-order valence-electron chi connectivity index (χ1n) is 11.6. The zero-order valence-electron chi connectivity index (χ0n) is 19.1. The molecule has 3 heterocycles. The number of urea groups is 1. The number of nitrogens with zero attached hydrogens (tertiary/aromatic N) is 2. The number of carbonyl (C=O) groups excluding carboxylic acids is 3. The molecule has 4 amide bonds. The highest BCUT2D eigenvalue weighted by Gasteiger charge is 2.54. The molecule has 34 heavy (non-hydrogen) atoms. The smallest absolute Gasteiger partial charge is 0.322 e. The minimum absolute atomic E-state index is 0.0896. The highest BCUT2D eigenvalue weighted by atomic mass is 16.5. The van der Waals surface area contributed by atoms with Crippen LogP contribution in [0, 0.1) is 5.92 Å². The van der Waals surface area contributed by atoms with Crippen LogP contribution in [0.2, 0.25) is 0 Å². The van der Waals surface area contributed by atoms with Gasteiger partial charge in [0.1, 0.15) is 11.3 Å². The number of nitrogens with one attached hydrogen (secondary N) is 2. The zero-order chi connectivity index (χ0) is 23.7. The normalized spacial score (nSPS) is 26.3. The molecular weight excluding hydrogens is 436 g/mol. The minimum Gasteiger partial charge on any atom is -0.497 e. The van der Waals surface area contributed by atoms with Crippen LogP contribution in [0.5, 0.6) is 5.75 Å². The van der Waals surface area contributed by atoms with Gasteiger partial charge in [0.15, 0.2) is 0 Å². The Morgan fingerprint density at radius 2 is 1.85 bits per heavy atom. The number of benzene rings is 1. The average molecular weight is 465 g/mol. The van der Waals surface area contributed by atoms with Crippen molar-refractivity contribution in [2.45, 2.75) is 50.5 Å². The highest BCUT2D eigenvalue weighted by molar-refractivity contribution is 6.08. The summed E-state index contributed by atoms with van der Waals surface area (Å²) in [4.78, 5) is 44.1. The van der Waals surface area contributed by atoms with Crippen LogP contribution in [0.15, 0.2) is 42.7 Å². The maximum atomic E-state index is 13.1. The van der Waals surface area contributed by atoms with E-state index in [2.05, 4.69) is 15.6 Å². The van der Waals surface area contributed by atoms with Crippen LogP contribution in [0.3, 0.4) is 0 Å². The van der Waals surface area contributed by atoms with Gasteiger partial charge in [-0.05, 0) is 67.0 Å². The monoisotopic (exact) mass is 464 g/mol. The van der Waals surface area contributed by atoms with Gasteiger partial charge in [0.05, 0.1) is 26.4 Å². The lowest BCUT2D eigenvalue weighted by atomic mass is 9.73. The molecular formula is C25H28N4O5. The zero-order valence-corrected chi connectivity index (χ0v) is 19.1. The lowest BCUT2D eigenvalue weighted by molar-refractivity contribution is -0.127. The molecule has 178 valence electrons. The topological polar surface area (TPSA) is 110 Å². The fourth-order valence-electron chi connectivity index (χ4n) is 5.34. The molecule has 1 saturated carbocycles. The number of methoxy groups -OCH3 is 1. The van der Waals surface area contributed by atoms with Gasteiger partial charge in [0, 0.05) is 24.5 Å². The Morgan fingerprint density at radius 3 is 2.53 bits per heavy atom. The molecule has 0 unspecified atom stereocenters. The van der Waals surface area contributed by atoms with Crippen molar-refractivity contribution in [3.8, 4) is 5.75 Å². The van der Waals surface area contributed by atoms with Crippen molar-refractivity contribution in [3.05, 3.63) is 59.4 Å². The van der Waals surface area contributed by atoms with Crippen LogP contribution in [0.25, 0.3) is 0 Å². The molecule has 0 spiro atoms. The quantitative estimate of drug-likeness (QED) is 0.609. The van der Waals surface area contributed by atoms with E-state index in [4.69, 9.17) is 9.47 Å². The van der Waals surface area contributed by atoms with Gasteiger partial charge in [-0.2, -0.15) is 0 Å². The average Bonchev–Trinajstić information content (AvgIpc) is 3.33. The molecule has 2 aromatic rings. The van der Waals surface area contributed by atoms with Crippen LogP contribution >= 0.6 is 0 Å². The second kappa shape index (κ2) is 9.06. The van der Waals surface area contributed by atoms with Gasteiger partial charge in [0.2, 0.25) is 0 Å². The first-order valence-corrected chi connectivity index (χ1v) is 11.6. The van der Waals surface area contributed by atoms with Crippen LogP contribution in [0.1, 0.15) is 47.2 Å². The summed E-state index contributed by atoms with van der Waals surface area (Å²) in [6, 6.07) is 8.77. The van der Waals surface area contributed by atoms with Gasteiger partial charge in [-0.25, -0.2) is 4.79 Å². The summed E-state index contributed by atoms with van der Waals surface area (Å²) >= 11 is 0. The van der Waals surface area contributed by atoms with Crippen LogP contribution < -0.4 is 15.4 Å². The van der Waals surface area contributed by atoms with E-state index in [-0.39, 0.29) is 30.4 Å². The molecule has 1 aliphatic carbocycles. The molecule has 1 saturated heterocycles. The molecule has 0 bridgehead atoms. The highest BCUT2D eigenvalue weighted by Crippen LogP contribution is 2.38. The lowest BCUT2D eigenvalue weighted by Gasteiger charge is -2.41. The van der Waals surface area contributed by atoms with Crippen molar-refractivity contribution in [2.24, 2.45) is 5.92 Å². The number of hydrogen-bond acceptors (Lipinski definition) is 6. The van der Waals surface area contributed by atoms with E-state index in [0.717, 1.165) is 36.8 Å². The number of fused-ring (bicyclic) bond motifs is 1. The molecule has 5 rings (SSSR count). The summed E-state index contributed by atoms with van der Waals surface area (Å²) in [7, 11) is 1.56. The maximum absolute atomic E-state index is 13.1. The number of ether oxygens (including phenoxy) is 2. The molecule has 2 N–H and O–H groups in total. The van der Waals surface area contributed by atoms with Crippen LogP contribution in [-0.2, 0) is 22.7 Å². The first kappa shape index (κ1) is 22.3. The summed E-state index contributed by atoms with van der Waals surface area (Å²) in [6.45, 7) is 1.05. The summed E-state index contributed by atoms with van der Waals surface area (Å²) in [5.41, 5.74) is 1.39. The van der Waals surface area contributed by atoms with Crippen molar-refractivity contribution in [3.63, 3.8) is 0 Å². The SMILES string of the molecule is COc1ccc2c(c1)C(=O)N(C[C@@]1(C3CCC(OCc4ccncc4)CC3)NC(=O)NC1=O)C2. The van der Waals surface area contributed by atoms with Crippen molar-refractivity contribution < 1.29 is 23.9 Å². The Labute approximate surface area is 197 Å². The fraction of sp³-hybridized carbons (Fsp3) is 0.440. The van der Waals surface area contributed by atoms with Crippen molar-refractivity contribution in [1.29, 1.82) is 0 Å². The number of amides is 4. The largest absolute Gasteiger partial charge is 0.497 e. The molecule has 1 atom stereocenters. The molecule has 2 aliphatic heterocycles. The van der Waals surface area contributed by atoms with Gasteiger partial charge in [-0.3, -0.25) is 19.9 Å². The summed E-state index contributed by atoms with van der Waals surface area (Å²) in [5, 5.41) is 5.30. The number of rotatable bonds is 7. The second-order valence-corrected chi connectivity index (χ2v) is 9.20. The third kappa shape index (κ3) is 4.11. The number of aromatic nitrogens is 1. The van der Waals surface area contributed by atoms with Crippen molar-refractivity contribution in [1.82, 2.24) is 20.5 Å². The lowest BCUT2D eigenvalue weighted by Crippen LogP contribution is -2.61. The van der Waals surface area contributed by atoms with Crippen LogP contribution in [-0.4, -0.2) is 53.0 Å². The number of imide groups is 1. The second-order valence-electron chi connectivity index (χ2n) is 9.20. The molecule has 1 aromatic carbocycles. The Hall–Kier alpha value is -3.46. The summed E-state index contributed by atoms with van der Waals surface area (Å²) < 4.78 is 11.3. The molecule has 9 heteroatoms. The van der Waals surface area contributed by atoms with Crippen LogP contribution in [0.4, 0.5) is 4.79 Å². The Kier molecular flexibility index (Phi) is 5.95. The van der Waals surface area contributed by atoms with E-state index in [1.54, 1.807) is 30.5 Å². The van der Waals surface area contributed by atoms with Crippen molar-refractivity contribution >= 4 is 17.8 Å². The van der Waals surface area contributed by atoms with E-state index in [1.807, 2.05) is 24.3 Å². The van der Waals surface area contributed by atoms with E-state index in [9.17, 15) is 14.4 Å². The predicted molar refractivity (Wildman–Crippen MR) is 122 cm³/mol. The molecule has 1 aromatic heterocycles. The van der Waals surface area contributed by atoms with Gasteiger partial charge < -0.3 is 19.7 Å². The molecule has 0 radical (unpaired) electrons. The van der Waals surface area contributed by atoms with Gasteiger partial charge in [-0.1, -0.05) is 6.07 Å². The Bertz CT molecular complexity index is 1100. The number of carbonyl (C=O) groups is 3. The Morgan fingerprint density at radius 1 is 1.09 bits per heavy atom. The molecule has 9 nitrogen and oxygen atoms in total. The van der Waals surface area contributed by atoms with Gasteiger partial charge in [0.25, 0.3) is 11.8 Å². The number of pyridine rings is 1. The molecule has 2 fully saturated rings. The standard InChI is InChI=1S/C25H28N4O5/c1-33-20-5-2-17-13-29(22(30)21(17)12-20)15-25(23(31)27-24(32)28-25)18-3-6-19(7-4-18)34-14-16-8-10-26-11-9-16/h2,5,8-12,18-19H,3-4,6-7,13-15H2,1H3,(H2,27,28,31,32)/t18?,19?,25-/m0/s1. The molecule has 3 aliphatic rings. The third-order valence-electron chi connectivity index (χ3n) is 7.21. The summed E-state index contributed by atoms with van der Waals surface area (Å²) in [6.07, 6.45) is 6.59. The first-order chi connectivity index (χ1) is 16.5. The van der Waals surface area contributed by atoms with Gasteiger partial charge in [-0.15, -0.1) is 0 Å². The van der Waals surface area contributed by atoms with Crippen molar-refractivity contribution in [2.75, 3.05) is 13.7 Å². The van der Waals surface area contributed by atoms with Gasteiger partial charge >= 0.3 is 6.03 Å². The minimum atomic E-state index is -1.14. The van der Waals surface area contributed by atoms with E-state index in [1.165, 1.54) is 0 Å². The fourth-order valence-corrected chi connectivity index (χ4v) is 5.34. The van der Waals surface area contributed by atoms with E-state index >= 15 is 0 Å². The number of hydrogen-bond donors (Lipinski definition) is 2. The van der Waals surface area contributed by atoms with E-state index < -0.39 is 11.6 Å². The third-order valence-corrected chi connectivity index (χ3v) is 7.21.